The molecule has 2 aromatic heterocycles. The topological polar surface area (TPSA) is 124 Å². The highest BCUT2D eigenvalue weighted by Crippen LogP contribution is 2.24. The number of amides is 1. The van der Waals surface area contributed by atoms with Gasteiger partial charge in [-0.05, 0) is 38.2 Å². The molecule has 1 aromatic carbocycles. The van der Waals surface area contributed by atoms with Crippen molar-refractivity contribution >= 4 is 23.1 Å². The van der Waals surface area contributed by atoms with Gasteiger partial charge in [-0.25, -0.2) is 14.5 Å². The fraction of sp³-hybridized carbons (Fsp3) is 0.238. The maximum absolute atomic E-state index is 14.2. The maximum atomic E-state index is 14.2. The normalized spacial score (nSPS) is 10.7. The molecule has 0 aliphatic rings. The average Bonchev–Trinajstić information content (AvgIpc) is 2.75. The Morgan fingerprint density at radius 2 is 2.00 bits per heavy atom. The fourth-order valence-electron chi connectivity index (χ4n) is 2.81. The Bertz CT molecular complexity index is 1120. The van der Waals surface area contributed by atoms with Crippen LogP contribution in [-0.2, 0) is 4.79 Å². The monoisotopic (exact) mass is 425 g/mol. The summed E-state index contributed by atoms with van der Waals surface area (Å²) in [5.74, 6) is -0.339. The van der Waals surface area contributed by atoms with E-state index < -0.39 is 11.4 Å². The van der Waals surface area contributed by atoms with Gasteiger partial charge in [-0.3, -0.25) is 9.59 Å². The lowest BCUT2D eigenvalue weighted by molar-refractivity contribution is -0.115. The van der Waals surface area contributed by atoms with Crippen molar-refractivity contribution in [2.75, 3.05) is 37.3 Å². The van der Waals surface area contributed by atoms with Crippen LogP contribution in [0.3, 0.4) is 0 Å². The van der Waals surface area contributed by atoms with Crippen LogP contribution >= 0.6 is 0 Å². The number of aromatic nitrogens is 3. The predicted octanol–water partition coefficient (Wildman–Crippen LogP) is 1.77. The van der Waals surface area contributed by atoms with Crippen LogP contribution in [0.1, 0.15) is 5.56 Å². The van der Waals surface area contributed by atoms with E-state index in [-0.39, 0.29) is 23.7 Å². The zero-order valence-electron chi connectivity index (χ0n) is 17.3. The number of hydrogen-bond donors (Lipinski definition) is 5. The smallest absolute Gasteiger partial charge is 0.287 e. The van der Waals surface area contributed by atoms with E-state index in [1.807, 2.05) is 14.0 Å². The maximum Gasteiger partial charge on any atom is 0.287 e. The lowest BCUT2D eigenvalue weighted by Crippen LogP contribution is -2.32. The second-order valence-electron chi connectivity index (χ2n) is 6.86. The van der Waals surface area contributed by atoms with E-state index in [0.29, 0.717) is 23.7 Å². The molecule has 31 heavy (non-hydrogen) atoms. The number of rotatable bonds is 9. The van der Waals surface area contributed by atoms with Crippen LogP contribution in [0.5, 0.6) is 0 Å². The first-order chi connectivity index (χ1) is 15.0. The van der Waals surface area contributed by atoms with E-state index in [0.717, 1.165) is 12.1 Å². The van der Waals surface area contributed by atoms with E-state index in [1.54, 1.807) is 24.3 Å². The van der Waals surface area contributed by atoms with Crippen molar-refractivity contribution in [2.45, 2.75) is 6.92 Å². The quantitative estimate of drug-likeness (QED) is 0.331. The molecule has 0 bridgehead atoms. The van der Waals surface area contributed by atoms with Gasteiger partial charge in [0.15, 0.2) is 0 Å². The highest BCUT2D eigenvalue weighted by atomic mass is 19.1. The molecule has 0 atom stereocenters. The van der Waals surface area contributed by atoms with Crippen LogP contribution in [0.4, 0.5) is 21.6 Å². The Hall–Kier alpha value is -3.63. The minimum absolute atomic E-state index is 0.149. The first kappa shape index (κ1) is 22.1. The molecular formula is C21H24FN7O2. The number of hydrogen-bond acceptors (Lipinski definition) is 7. The number of likely N-dealkylation sites (N-methyl/N-ethyl adjacent to an activating group) is 1. The van der Waals surface area contributed by atoms with Gasteiger partial charge >= 0.3 is 0 Å². The minimum atomic E-state index is -0.465. The molecule has 3 aromatic rings. The summed E-state index contributed by atoms with van der Waals surface area (Å²) >= 11 is 0. The van der Waals surface area contributed by atoms with Gasteiger partial charge in [0.2, 0.25) is 5.91 Å². The molecule has 0 aliphatic carbocycles. The molecule has 0 aliphatic heterocycles. The summed E-state index contributed by atoms with van der Waals surface area (Å²) < 4.78 is 14.2. The summed E-state index contributed by atoms with van der Waals surface area (Å²) in [4.78, 5) is 28.3. The number of pyridine rings is 1. The number of halogens is 1. The van der Waals surface area contributed by atoms with E-state index in [1.165, 1.54) is 18.3 Å². The number of aromatic amines is 1. The van der Waals surface area contributed by atoms with Gasteiger partial charge in [0.25, 0.3) is 5.56 Å². The zero-order valence-corrected chi connectivity index (χ0v) is 17.3. The highest BCUT2D eigenvalue weighted by Gasteiger charge is 2.11. The number of carbonyl (C=O) groups is 1. The zero-order chi connectivity index (χ0) is 22.2. The van der Waals surface area contributed by atoms with Crippen molar-refractivity contribution in [1.29, 1.82) is 0 Å². The molecule has 0 radical (unpaired) electrons. The van der Waals surface area contributed by atoms with Crippen molar-refractivity contribution in [3.05, 3.63) is 64.3 Å². The van der Waals surface area contributed by atoms with E-state index in [9.17, 15) is 14.0 Å². The lowest BCUT2D eigenvalue weighted by atomic mass is 10.1. The van der Waals surface area contributed by atoms with Gasteiger partial charge in [0.1, 0.15) is 17.3 Å². The van der Waals surface area contributed by atoms with Gasteiger partial charge in [-0.15, -0.1) is 0 Å². The SMILES string of the molecule is CNCCNCC(=O)Nc1cc(Nc2cc(-c3cc(C)ccc3F)n[nH]c2=O)ccn1. The third-order valence-corrected chi connectivity index (χ3v) is 4.35. The summed E-state index contributed by atoms with van der Waals surface area (Å²) in [6, 6.07) is 9.39. The van der Waals surface area contributed by atoms with Gasteiger partial charge in [-0.2, -0.15) is 5.10 Å². The molecule has 2 heterocycles. The largest absolute Gasteiger partial charge is 0.351 e. The molecule has 162 valence electrons. The van der Waals surface area contributed by atoms with Gasteiger partial charge in [0, 0.05) is 36.6 Å². The fourth-order valence-corrected chi connectivity index (χ4v) is 2.81. The number of aryl methyl sites for hydroxylation is 1. The summed E-state index contributed by atoms with van der Waals surface area (Å²) in [7, 11) is 1.83. The number of benzene rings is 1. The van der Waals surface area contributed by atoms with Crippen molar-refractivity contribution < 1.29 is 9.18 Å². The van der Waals surface area contributed by atoms with Crippen LogP contribution in [-0.4, -0.2) is 47.8 Å². The molecule has 3 rings (SSSR count). The Balaban J connectivity index is 1.74. The van der Waals surface area contributed by atoms with Crippen LogP contribution in [0.2, 0.25) is 0 Å². The van der Waals surface area contributed by atoms with Gasteiger partial charge in [-0.1, -0.05) is 11.6 Å². The number of H-pyrrole nitrogens is 1. The predicted molar refractivity (Wildman–Crippen MR) is 118 cm³/mol. The van der Waals surface area contributed by atoms with Crippen LogP contribution in [0, 0.1) is 12.7 Å². The van der Waals surface area contributed by atoms with E-state index in [2.05, 4.69) is 36.4 Å². The Morgan fingerprint density at radius 3 is 2.81 bits per heavy atom. The van der Waals surface area contributed by atoms with Crippen molar-refractivity contribution in [1.82, 2.24) is 25.8 Å². The van der Waals surface area contributed by atoms with Gasteiger partial charge in [0.05, 0.1) is 12.2 Å². The Kier molecular flexibility index (Phi) is 7.41. The Labute approximate surface area is 178 Å². The molecule has 10 heteroatoms. The molecule has 0 spiro atoms. The van der Waals surface area contributed by atoms with E-state index >= 15 is 0 Å². The molecule has 0 fully saturated rings. The lowest BCUT2D eigenvalue weighted by Gasteiger charge is -2.10. The number of nitrogens with zero attached hydrogens (tertiary/aromatic N) is 2. The second kappa shape index (κ2) is 10.4. The summed E-state index contributed by atoms with van der Waals surface area (Å²) in [6.45, 7) is 3.40. The molecular weight excluding hydrogens is 401 g/mol. The molecule has 1 amide bonds. The second-order valence-corrected chi connectivity index (χ2v) is 6.86. The van der Waals surface area contributed by atoms with Crippen molar-refractivity contribution in [3.8, 4) is 11.3 Å². The summed E-state index contributed by atoms with van der Waals surface area (Å²) in [6.07, 6.45) is 1.50. The standard InChI is InChI=1S/C21H24FN7O2/c1-13-3-4-16(22)15(9-13)17-11-18(21(31)29-28-17)26-14-5-6-25-19(10-14)27-20(30)12-24-8-7-23-2/h3-6,9-11,23-24H,7-8,12H2,1-2H3,(H,29,31)(H2,25,26,27,28,30). The first-order valence-electron chi connectivity index (χ1n) is 9.71. The highest BCUT2D eigenvalue weighted by molar-refractivity contribution is 5.91. The Morgan fingerprint density at radius 1 is 1.16 bits per heavy atom. The molecule has 5 N–H and O–H groups in total. The van der Waals surface area contributed by atoms with Crippen molar-refractivity contribution in [3.63, 3.8) is 0 Å². The van der Waals surface area contributed by atoms with Crippen molar-refractivity contribution in [2.24, 2.45) is 0 Å². The third-order valence-electron chi connectivity index (χ3n) is 4.35. The number of carbonyl (C=O) groups excluding carboxylic acids is 1. The average molecular weight is 425 g/mol. The van der Waals surface area contributed by atoms with Crippen LogP contribution in [0.15, 0.2) is 47.4 Å². The molecule has 9 nitrogen and oxygen atoms in total. The third kappa shape index (κ3) is 6.17. The molecule has 0 saturated carbocycles. The minimum Gasteiger partial charge on any atom is -0.351 e. The number of nitrogens with one attached hydrogen (secondary N) is 5. The van der Waals surface area contributed by atoms with Gasteiger partial charge < -0.3 is 21.3 Å². The molecule has 0 saturated heterocycles. The molecule has 0 unspecified atom stereocenters. The van der Waals surface area contributed by atoms with E-state index in [4.69, 9.17) is 0 Å². The van der Waals surface area contributed by atoms with Crippen LogP contribution in [0.25, 0.3) is 11.3 Å². The summed E-state index contributed by atoms with van der Waals surface area (Å²) in [5, 5.41) is 18.0. The van der Waals surface area contributed by atoms with Crippen LogP contribution < -0.4 is 26.8 Å². The number of anilines is 3. The first-order valence-corrected chi connectivity index (χ1v) is 9.71. The summed E-state index contributed by atoms with van der Waals surface area (Å²) in [5.41, 5.74) is 1.69.